The van der Waals surface area contributed by atoms with E-state index in [0.29, 0.717) is 11.2 Å². The zero-order valence-corrected chi connectivity index (χ0v) is 12.3. The highest BCUT2D eigenvalue weighted by Gasteiger charge is 2.24. The minimum absolute atomic E-state index is 0.507. The molecule has 1 saturated heterocycles. The fourth-order valence-corrected chi connectivity index (χ4v) is 2.76. The van der Waals surface area contributed by atoms with Crippen molar-refractivity contribution in [2.45, 2.75) is 32.7 Å². The summed E-state index contributed by atoms with van der Waals surface area (Å²) in [6.45, 7) is 6.14. The monoisotopic (exact) mass is 268 g/mol. The zero-order valence-electron chi connectivity index (χ0n) is 11.6. The lowest BCUT2D eigenvalue weighted by Gasteiger charge is -2.37. The Morgan fingerprint density at radius 1 is 1.33 bits per heavy atom. The van der Waals surface area contributed by atoms with Gasteiger partial charge in [-0.25, -0.2) is 9.97 Å². The van der Waals surface area contributed by atoms with Crippen molar-refractivity contribution in [3.63, 3.8) is 0 Å². The van der Waals surface area contributed by atoms with Gasteiger partial charge in [-0.3, -0.25) is 0 Å². The standard InChI is InChI=1S/C13H21ClN4/c1-9-12(14)15-10(2)16-13(9)18(4)11-6-5-7-17(3)8-11/h11H,5-8H2,1-4H3. The second kappa shape index (κ2) is 5.41. The van der Waals surface area contributed by atoms with Crippen molar-refractivity contribution in [3.05, 3.63) is 16.5 Å². The van der Waals surface area contributed by atoms with Crippen LogP contribution in [0.1, 0.15) is 24.2 Å². The van der Waals surface area contributed by atoms with Crippen molar-refractivity contribution in [3.8, 4) is 0 Å². The topological polar surface area (TPSA) is 32.3 Å². The van der Waals surface area contributed by atoms with Crippen molar-refractivity contribution < 1.29 is 0 Å². The molecule has 18 heavy (non-hydrogen) atoms. The largest absolute Gasteiger partial charge is 0.355 e. The molecule has 0 saturated carbocycles. The molecule has 2 heterocycles. The smallest absolute Gasteiger partial charge is 0.137 e. The van der Waals surface area contributed by atoms with Crippen molar-refractivity contribution in [2.75, 3.05) is 32.1 Å². The van der Waals surface area contributed by atoms with Crippen molar-refractivity contribution in [2.24, 2.45) is 0 Å². The summed E-state index contributed by atoms with van der Waals surface area (Å²) < 4.78 is 0. The van der Waals surface area contributed by atoms with Crippen LogP contribution >= 0.6 is 11.6 Å². The molecule has 0 N–H and O–H groups in total. The summed E-state index contributed by atoms with van der Waals surface area (Å²) in [6, 6.07) is 0.507. The van der Waals surface area contributed by atoms with Crippen LogP contribution < -0.4 is 4.90 Å². The summed E-state index contributed by atoms with van der Waals surface area (Å²) in [5, 5.41) is 0.563. The van der Waals surface area contributed by atoms with Gasteiger partial charge in [0.05, 0.1) is 0 Å². The molecule has 0 aliphatic carbocycles. The molecular weight excluding hydrogens is 248 g/mol. The van der Waals surface area contributed by atoms with E-state index in [2.05, 4.69) is 33.9 Å². The van der Waals surface area contributed by atoms with Gasteiger partial charge in [0.25, 0.3) is 0 Å². The lowest BCUT2D eigenvalue weighted by Crippen LogP contribution is -2.45. The third-order valence-corrected chi connectivity index (χ3v) is 4.02. The molecule has 1 unspecified atom stereocenters. The highest BCUT2D eigenvalue weighted by atomic mass is 35.5. The van der Waals surface area contributed by atoms with Crippen LogP contribution in [0.4, 0.5) is 5.82 Å². The van der Waals surface area contributed by atoms with Gasteiger partial charge in [0.2, 0.25) is 0 Å². The van der Waals surface area contributed by atoms with E-state index >= 15 is 0 Å². The van der Waals surface area contributed by atoms with Gasteiger partial charge in [-0.1, -0.05) is 11.6 Å². The molecule has 0 amide bonds. The summed E-state index contributed by atoms with van der Waals surface area (Å²) in [5.74, 6) is 1.70. The first kappa shape index (κ1) is 13.6. The summed E-state index contributed by atoms with van der Waals surface area (Å²) in [6.07, 6.45) is 2.45. The molecule has 1 aliphatic rings. The maximum atomic E-state index is 6.14. The first-order valence-electron chi connectivity index (χ1n) is 6.41. The summed E-state index contributed by atoms with van der Waals surface area (Å²) in [5.41, 5.74) is 0.970. The second-order valence-corrected chi connectivity index (χ2v) is 5.54. The van der Waals surface area contributed by atoms with E-state index in [1.54, 1.807) is 0 Å². The number of piperidine rings is 1. The summed E-state index contributed by atoms with van der Waals surface area (Å²) >= 11 is 6.14. The van der Waals surface area contributed by atoms with Gasteiger partial charge in [0.1, 0.15) is 16.8 Å². The van der Waals surface area contributed by atoms with Gasteiger partial charge >= 0.3 is 0 Å². The van der Waals surface area contributed by atoms with E-state index in [-0.39, 0.29) is 0 Å². The van der Waals surface area contributed by atoms with E-state index in [0.717, 1.165) is 23.8 Å². The Labute approximate surface area is 114 Å². The van der Waals surface area contributed by atoms with Crippen molar-refractivity contribution in [1.29, 1.82) is 0 Å². The minimum atomic E-state index is 0.507. The Kier molecular flexibility index (Phi) is 4.07. The van der Waals surface area contributed by atoms with Gasteiger partial charge in [0.15, 0.2) is 0 Å². The molecule has 100 valence electrons. The van der Waals surface area contributed by atoms with Gasteiger partial charge in [-0.05, 0) is 40.3 Å². The molecule has 1 aliphatic heterocycles. The fourth-order valence-electron chi connectivity index (χ4n) is 2.55. The predicted octanol–water partition coefficient (Wildman–Crippen LogP) is 2.28. The number of aromatic nitrogens is 2. The zero-order chi connectivity index (χ0) is 13.3. The molecule has 0 bridgehead atoms. The van der Waals surface area contributed by atoms with Gasteiger partial charge in [-0.15, -0.1) is 0 Å². The first-order chi connectivity index (χ1) is 8.49. The number of rotatable bonds is 2. The Morgan fingerprint density at radius 3 is 2.72 bits per heavy atom. The lowest BCUT2D eigenvalue weighted by atomic mass is 10.0. The first-order valence-corrected chi connectivity index (χ1v) is 6.79. The molecule has 2 rings (SSSR count). The number of hydrogen-bond acceptors (Lipinski definition) is 4. The summed E-state index contributed by atoms with van der Waals surface area (Å²) in [4.78, 5) is 13.4. The number of likely N-dealkylation sites (tertiary alicyclic amines) is 1. The molecule has 0 aromatic carbocycles. The summed E-state index contributed by atoms with van der Waals surface area (Å²) in [7, 11) is 4.28. The van der Waals surface area contributed by atoms with Crippen LogP contribution in [0, 0.1) is 13.8 Å². The highest BCUT2D eigenvalue weighted by molar-refractivity contribution is 6.30. The van der Waals surface area contributed by atoms with Crippen molar-refractivity contribution >= 4 is 17.4 Å². The Balaban J connectivity index is 2.25. The van der Waals surface area contributed by atoms with Crippen LogP contribution in [-0.2, 0) is 0 Å². The van der Waals surface area contributed by atoms with Crippen LogP contribution in [0.2, 0.25) is 5.15 Å². The second-order valence-electron chi connectivity index (χ2n) is 5.18. The average Bonchev–Trinajstić information content (AvgIpc) is 2.33. The van der Waals surface area contributed by atoms with Crippen LogP contribution in [-0.4, -0.2) is 48.1 Å². The van der Waals surface area contributed by atoms with Crippen LogP contribution in [0.25, 0.3) is 0 Å². The highest BCUT2D eigenvalue weighted by Crippen LogP contribution is 2.26. The number of likely N-dealkylation sites (N-methyl/N-ethyl adjacent to an activating group) is 2. The van der Waals surface area contributed by atoms with Crippen molar-refractivity contribution in [1.82, 2.24) is 14.9 Å². The maximum absolute atomic E-state index is 6.14. The quantitative estimate of drug-likeness (QED) is 0.771. The number of aryl methyl sites for hydroxylation is 1. The number of anilines is 1. The SMILES string of the molecule is Cc1nc(Cl)c(C)c(N(C)C2CCCN(C)C2)n1. The molecule has 4 nitrogen and oxygen atoms in total. The third-order valence-electron chi connectivity index (χ3n) is 3.65. The molecule has 5 heteroatoms. The molecule has 1 aromatic heterocycles. The molecule has 1 atom stereocenters. The van der Waals surface area contributed by atoms with E-state index in [1.807, 2.05) is 13.8 Å². The Morgan fingerprint density at radius 2 is 2.06 bits per heavy atom. The van der Waals surface area contributed by atoms with E-state index in [4.69, 9.17) is 11.6 Å². The molecule has 0 radical (unpaired) electrons. The van der Waals surface area contributed by atoms with E-state index in [1.165, 1.54) is 19.4 Å². The number of nitrogens with zero attached hydrogens (tertiary/aromatic N) is 4. The maximum Gasteiger partial charge on any atom is 0.137 e. The third kappa shape index (κ3) is 2.75. The minimum Gasteiger partial charge on any atom is -0.355 e. The Bertz CT molecular complexity index is 435. The average molecular weight is 269 g/mol. The van der Waals surface area contributed by atoms with Crippen LogP contribution in [0.15, 0.2) is 0 Å². The van der Waals surface area contributed by atoms with Gasteiger partial charge in [0, 0.05) is 25.2 Å². The molecule has 0 spiro atoms. The lowest BCUT2D eigenvalue weighted by molar-refractivity contribution is 0.247. The van der Waals surface area contributed by atoms with Crippen LogP contribution in [0.3, 0.4) is 0 Å². The molecule has 1 aromatic rings. The van der Waals surface area contributed by atoms with Gasteiger partial charge < -0.3 is 9.80 Å². The normalized spacial score (nSPS) is 21.1. The molecule has 1 fully saturated rings. The van der Waals surface area contributed by atoms with E-state index in [9.17, 15) is 0 Å². The molecular formula is C13H21ClN4. The number of halogens is 1. The number of hydrogen-bond donors (Lipinski definition) is 0. The Hall–Kier alpha value is -0.870. The fraction of sp³-hybridized carbons (Fsp3) is 0.692. The van der Waals surface area contributed by atoms with Crippen LogP contribution in [0.5, 0.6) is 0 Å². The predicted molar refractivity (Wildman–Crippen MR) is 75.4 cm³/mol. The van der Waals surface area contributed by atoms with Gasteiger partial charge in [-0.2, -0.15) is 0 Å². The van der Waals surface area contributed by atoms with E-state index < -0.39 is 0 Å².